The molecule has 1 aliphatic heterocycles. The van der Waals surface area contributed by atoms with Gasteiger partial charge in [-0.2, -0.15) is 0 Å². The predicted octanol–water partition coefficient (Wildman–Crippen LogP) is 4.82. The van der Waals surface area contributed by atoms with Crippen LogP contribution < -0.4 is 15.4 Å². The van der Waals surface area contributed by atoms with Crippen LogP contribution in [0.2, 0.25) is 0 Å². The number of hydrogen-bond acceptors (Lipinski definition) is 3. The van der Waals surface area contributed by atoms with Crippen LogP contribution in [0.5, 0.6) is 5.75 Å². The van der Waals surface area contributed by atoms with E-state index in [2.05, 4.69) is 61.7 Å². The van der Waals surface area contributed by atoms with Gasteiger partial charge in [-0.25, -0.2) is 4.79 Å². The maximum Gasteiger partial charge on any atom is 0.321 e. The van der Waals surface area contributed by atoms with E-state index >= 15 is 0 Å². The molecule has 3 rings (SSSR count). The molecule has 0 aromatic heterocycles. The molecule has 5 heteroatoms. The lowest BCUT2D eigenvalue weighted by Crippen LogP contribution is -2.48. The van der Waals surface area contributed by atoms with Gasteiger partial charge in [0.25, 0.3) is 0 Å². The first-order valence-electron chi connectivity index (χ1n) is 11.0. The minimum absolute atomic E-state index is 0.0167. The highest BCUT2D eigenvalue weighted by Crippen LogP contribution is 2.25. The Morgan fingerprint density at radius 2 is 1.80 bits per heavy atom. The molecule has 1 saturated heterocycles. The molecular formula is C25H35N3O2. The van der Waals surface area contributed by atoms with Gasteiger partial charge in [-0.15, -0.1) is 0 Å². The van der Waals surface area contributed by atoms with E-state index in [1.165, 1.54) is 11.1 Å². The molecular weight excluding hydrogens is 374 g/mol. The summed E-state index contributed by atoms with van der Waals surface area (Å²) in [4.78, 5) is 14.1. The molecule has 1 aliphatic rings. The van der Waals surface area contributed by atoms with Crippen LogP contribution in [0.3, 0.4) is 0 Å². The van der Waals surface area contributed by atoms with Crippen molar-refractivity contribution in [3.63, 3.8) is 0 Å². The minimum atomic E-state index is -0.0167. The lowest BCUT2D eigenvalue weighted by molar-refractivity contribution is 0.204. The third-order valence-electron chi connectivity index (χ3n) is 5.44. The molecule has 2 N–H and O–H groups in total. The zero-order valence-electron chi connectivity index (χ0n) is 18.5. The third kappa shape index (κ3) is 6.77. The molecule has 0 spiro atoms. The number of aryl methyl sites for hydroxylation is 1. The Hall–Kier alpha value is -2.53. The van der Waals surface area contributed by atoms with Crippen molar-refractivity contribution in [3.05, 3.63) is 59.7 Å². The normalized spacial score (nSPS) is 14.4. The number of carbonyl (C=O) groups is 1. The van der Waals surface area contributed by atoms with Crippen LogP contribution in [-0.2, 0) is 11.8 Å². The van der Waals surface area contributed by atoms with Gasteiger partial charge in [-0.05, 0) is 60.1 Å². The summed E-state index contributed by atoms with van der Waals surface area (Å²) in [5.41, 5.74) is 3.56. The molecule has 0 bridgehead atoms. The number of nitrogens with one attached hydrogen (secondary N) is 2. The Morgan fingerprint density at radius 1 is 1.07 bits per heavy atom. The SMILES string of the molecule is CC(C)(C)c1cccc(OCCCCc2ccc(NC(=O)N3CCNCC3)cc2)c1. The van der Waals surface area contributed by atoms with Crippen LogP contribution in [-0.4, -0.2) is 43.7 Å². The molecule has 0 unspecified atom stereocenters. The third-order valence-corrected chi connectivity index (χ3v) is 5.44. The summed E-state index contributed by atoms with van der Waals surface area (Å²) >= 11 is 0. The first kappa shape index (κ1) is 22.2. The van der Waals surface area contributed by atoms with Crippen molar-refractivity contribution >= 4 is 11.7 Å². The zero-order chi connectivity index (χ0) is 21.4. The topological polar surface area (TPSA) is 53.6 Å². The lowest BCUT2D eigenvalue weighted by atomic mass is 9.87. The fourth-order valence-corrected chi connectivity index (χ4v) is 3.50. The van der Waals surface area contributed by atoms with Crippen molar-refractivity contribution in [2.24, 2.45) is 0 Å². The van der Waals surface area contributed by atoms with Crippen LogP contribution in [0.1, 0.15) is 44.7 Å². The number of urea groups is 1. The summed E-state index contributed by atoms with van der Waals surface area (Å²) in [5, 5.41) is 6.24. The molecule has 5 nitrogen and oxygen atoms in total. The minimum Gasteiger partial charge on any atom is -0.494 e. The van der Waals surface area contributed by atoms with Gasteiger partial charge in [0, 0.05) is 31.9 Å². The summed E-state index contributed by atoms with van der Waals surface area (Å²) < 4.78 is 5.94. The van der Waals surface area contributed by atoms with E-state index in [0.717, 1.165) is 63.5 Å². The Labute approximate surface area is 180 Å². The zero-order valence-corrected chi connectivity index (χ0v) is 18.5. The van der Waals surface area contributed by atoms with Crippen LogP contribution in [0.15, 0.2) is 48.5 Å². The number of amides is 2. The van der Waals surface area contributed by atoms with Crippen molar-refractivity contribution in [1.29, 1.82) is 0 Å². The molecule has 0 aliphatic carbocycles. The Balaban J connectivity index is 1.37. The summed E-state index contributed by atoms with van der Waals surface area (Å²) in [7, 11) is 0. The summed E-state index contributed by atoms with van der Waals surface area (Å²) in [6.07, 6.45) is 3.10. The van der Waals surface area contributed by atoms with Crippen molar-refractivity contribution in [1.82, 2.24) is 10.2 Å². The molecule has 2 amide bonds. The average molecular weight is 410 g/mol. The molecule has 1 heterocycles. The average Bonchev–Trinajstić information content (AvgIpc) is 2.75. The van der Waals surface area contributed by atoms with E-state index in [9.17, 15) is 4.79 Å². The number of ether oxygens (including phenoxy) is 1. The van der Waals surface area contributed by atoms with Gasteiger partial charge in [-0.3, -0.25) is 0 Å². The van der Waals surface area contributed by atoms with E-state index < -0.39 is 0 Å². The van der Waals surface area contributed by atoms with Crippen molar-refractivity contribution < 1.29 is 9.53 Å². The number of benzene rings is 2. The smallest absolute Gasteiger partial charge is 0.321 e. The molecule has 162 valence electrons. The molecule has 2 aromatic carbocycles. The second-order valence-electron chi connectivity index (χ2n) is 8.95. The van der Waals surface area contributed by atoms with Crippen LogP contribution in [0.25, 0.3) is 0 Å². The number of unbranched alkanes of at least 4 members (excludes halogenated alkanes) is 1. The summed E-state index contributed by atoms with van der Waals surface area (Å²) in [5.74, 6) is 0.951. The number of piperazine rings is 1. The quantitative estimate of drug-likeness (QED) is 0.645. The van der Waals surface area contributed by atoms with E-state index in [0.29, 0.717) is 0 Å². The first-order chi connectivity index (χ1) is 14.4. The molecule has 0 atom stereocenters. The highest BCUT2D eigenvalue weighted by Gasteiger charge is 2.16. The number of hydrogen-bond donors (Lipinski definition) is 2. The van der Waals surface area contributed by atoms with E-state index in [4.69, 9.17) is 4.74 Å². The highest BCUT2D eigenvalue weighted by atomic mass is 16.5. The van der Waals surface area contributed by atoms with E-state index in [1.807, 2.05) is 23.1 Å². The van der Waals surface area contributed by atoms with Gasteiger partial charge in [0.15, 0.2) is 0 Å². The van der Waals surface area contributed by atoms with Crippen LogP contribution in [0, 0.1) is 0 Å². The number of rotatable bonds is 7. The standard InChI is InChI=1S/C25H35N3O2/c1-25(2,3)21-8-6-9-23(19-21)30-18-5-4-7-20-10-12-22(13-11-20)27-24(29)28-16-14-26-15-17-28/h6,8-13,19,26H,4-5,7,14-18H2,1-3H3,(H,27,29). The van der Waals surface area contributed by atoms with Gasteiger partial charge in [0.1, 0.15) is 5.75 Å². The van der Waals surface area contributed by atoms with Crippen LogP contribution in [0.4, 0.5) is 10.5 Å². The largest absolute Gasteiger partial charge is 0.494 e. The van der Waals surface area contributed by atoms with Gasteiger partial charge >= 0.3 is 6.03 Å². The van der Waals surface area contributed by atoms with Gasteiger partial charge in [-0.1, -0.05) is 45.0 Å². The molecule has 2 aromatic rings. The highest BCUT2D eigenvalue weighted by molar-refractivity contribution is 5.89. The fraction of sp³-hybridized carbons (Fsp3) is 0.480. The Morgan fingerprint density at radius 3 is 2.50 bits per heavy atom. The molecule has 0 saturated carbocycles. The van der Waals surface area contributed by atoms with Crippen molar-refractivity contribution in [3.8, 4) is 5.75 Å². The van der Waals surface area contributed by atoms with Gasteiger partial charge < -0.3 is 20.3 Å². The monoisotopic (exact) mass is 409 g/mol. The fourth-order valence-electron chi connectivity index (χ4n) is 3.50. The number of anilines is 1. The predicted molar refractivity (Wildman–Crippen MR) is 123 cm³/mol. The van der Waals surface area contributed by atoms with Crippen LogP contribution >= 0.6 is 0 Å². The second-order valence-corrected chi connectivity index (χ2v) is 8.95. The molecule has 1 fully saturated rings. The maximum atomic E-state index is 12.3. The van der Waals surface area contributed by atoms with E-state index in [1.54, 1.807) is 0 Å². The van der Waals surface area contributed by atoms with Gasteiger partial charge in [0.05, 0.1) is 6.61 Å². The first-order valence-corrected chi connectivity index (χ1v) is 11.0. The van der Waals surface area contributed by atoms with Gasteiger partial charge in [0.2, 0.25) is 0 Å². The number of carbonyl (C=O) groups excluding carboxylic acids is 1. The Kier molecular flexibility index (Phi) is 7.75. The molecule has 0 radical (unpaired) electrons. The number of nitrogens with zero attached hydrogens (tertiary/aromatic N) is 1. The maximum absolute atomic E-state index is 12.3. The molecule has 30 heavy (non-hydrogen) atoms. The summed E-state index contributed by atoms with van der Waals surface area (Å²) in [6.45, 7) is 10.6. The Bertz CT molecular complexity index is 806. The van der Waals surface area contributed by atoms with Crippen molar-refractivity contribution in [2.75, 3.05) is 38.1 Å². The second kappa shape index (κ2) is 10.5. The lowest BCUT2D eigenvalue weighted by Gasteiger charge is -2.27. The van der Waals surface area contributed by atoms with Crippen molar-refractivity contribution in [2.45, 2.75) is 45.4 Å². The van der Waals surface area contributed by atoms with E-state index in [-0.39, 0.29) is 11.4 Å². The summed E-state index contributed by atoms with van der Waals surface area (Å²) in [6, 6.07) is 16.6.